The molecule has 0 rings (SSSR count). The Bertz CT molecular complexity index is 1680. The number of carbonyl (C=O) groups excluding carboxylic acids is 4. The molecule has 0 fully saturated rings. The van der Waals surface area contributed by atoms with Gasteiger partial charge in [0, 0.05) is 25.7 Å². The molecule has 0 bridgehead atoms. The van der Waals surface area contributed by atoms with Crippen molar-refractivity contribution in [3.63, 3.8) is 0 Å². The quantitative estimate of drug-likeness (QED) is 0.0222. The number of ether oxygens (including phenoxy) is 4. The Balaban J connectivity index is 5.22. The van der Waals surface area contributed by atoms with Gasteiger partial charge in [-0.15, -0.1) is 0 Å². The van der Waals surface area contributed by atoms with E-state index in [1.165, 1.54) is 148 Å². The summed E-state index contributed by atoms with van der Waals surface area (Å²) in [5.74, 6) is -0.688. The number of aliphatic hydroxyl groups is 1. The molecule has 5 atom stereocenters. The minimum absolute atomic E-state index is 0.104. The average Bonchev–Trinajstić information content (AvgIpc) is 3.61. The minimum Gasteiger partial charge on any atom is -0.462 e. The summed E-state index contributed by atoms with van der Waals surface area (Å²) in [6, 6.07) is 0. The van der Waals surface area contributed by atoms with Crippen LogP contribution >= 0.6 is 15.6 Å². The number of rotatable bonds is 66. The van der Waals surface area contributed by atoms with Gasteiger partial charge in [-0.05, 0) is 37.5 Å². The van der Waals surface area contributed by atoms with E-state index in [1.54, 1.807) is 0 Å². The van der Waals surface area contributed by atoms with Gasteiger partial charge < -0.3 is 33.8 Å². The molecule has 0 aromatic heterocycles. The molecule has 0 spiro atoms. The van der Waals surface area contributed by atoms with E-state index in [2.05, 4.69) is 41.5 Å². The van der Waals surface area contributed by atoms with Gasteiger partial charge in [0.1, 0.15) is 19.3 Å². The third-order valence-electron chi connectivity index (χ3n) is 15.5. The van der Waals surface area contributed by atoms with Crippen LogP contribution in [0.3, 0.4) is 0 Å². The van der Waals surface area contributed by atoms with Crippen LogP contribution in [0, 0.1) is 11.8 Å². The summed E-state index contributed by atoms with van der Waals surface area (Å²) in [5, 5.41) is 10.6. The molecular weight excluding hydrogens is 1140 g/mol. The van der Waals surface area contributed by atoms with Gasteiger partial charge >= 0.3 is 39.5 Å². The second-order valence-corrected chi connectivity index (χ2v) is 28.1. The normalized spacial score (nSPS) is 14.2. The lowest BCUT2D eigenvalue weighted by Crippen LogP contribution is -2.30. The van der Waals surface area contributed by atoms with E-state index in [0.29, 0.717) is 25.7 Å². The van der Waals surface area contributed by atoms with Crippen molar-refractivity contribution in [2.75, 3.05) is 39.6 Å². The third kappa shape index (κ3) is 60.9. The van der Waals surface area contributed by atoms with Gasteiger partial charge in [-0.3, -0.25) is 37.3 Å². The molecular formula is C67H130O17P2. The van der Waals surface area contributed by atoms with E-state index < -0.39 is 97.5 Å². The van der Waals surface area contributed by atoms with Crippen LogP contribution in [0.25, 0.3) is 0 Å². The van der Waals surface area contributed by atoms with E-state index in [9.17, 15) is 43.2 Å². The number of phosphoric acid groups is 2. The first kappa shape index (κ1) is 84.1. The van der Waals surface area contributed by atoms with Crippen molar-refractivity contribution in [3.8, 4) is 0 Å². The molecule has 19 heteroatoms. The van der Waals surface area contributed by atoms with Crippen LogP contribution in [-0.4, -0.2) is 96.7 Å². The zero-order valence-corrected chi connectivity index (χ0v) is 57.4. The van der Waals surface area contributed by atoms with Crippen LogP contribution in [0.1, 0.15) is 337 Å². The first-order chi connectivity index (χ1) is 41.4. The van der Waals surface area contributed by atoms with Crippen LogP contribution in [0.15, 0.2) is 0 Å². The molecule has 0 aliphatic rings. The second-order valence-electron chi connectivity index (χ2n) is 25.2. The van der Waals surface area contributed by atoms with E-state index >= 15 is 0 Å². The summed E-state index contributed by atoms with van der Waals surface area (Å²) < 4.78 is 68.1. The van der Waals surface area contributed by atoms with Crippen molar-refractivity contribution in [2.45, 2.75) is 355 Å². The topological polar surface area (TPSA) is 237 Å². The minimum atomic E-state index is -4.95. The highest BCUT2D eigenvalue weighted by Crippen LogP contribution is 2.45. The zero-order valence-electron chi connectivity index (χ0n) is 55.6. The second kappa shape index (κ2) is 59.4. The predicted molar refractivity (Wildman–Crippen MR) is 345 cm³/mol. The van der Waals surface area contributed by atoms with Gasteiger partial charge in [0.2, 0.25) is 0 Å². The van der Waals surface area contributed by atoms with Gasteiger partial charge in [0.25, 0.3) is 0 Å². The summed E-state index contributed by atoms with van der Waals surface area (Å²) in [6.07, 6.45) is 43.2. The largest absolute Gasteiger partial charge is 0.472 e. The van der Waals surface area contributed by atoms with Crippen molar-refractivity contribution >= 4 is 39.5 Å². The molecule has 2 unspecified atom stereocenters. The van der Waals surface area contributed by atoms with Crippen LogP contribution in [0.5, 0.6) is 0 Å². The number of phosphoric ester groups is 2. The maximum atomic E-state index is 13.0. The third-order valence-corrected chi connectivity index (χ3v) is 17.4. The van der Waals surface area contributed by atoms with Crippen LogP contribution in [0.2, 0.25) is 0 Å². The summed E-state index contributed by atoms with van der Waals surface area (Å²) in [5.41, 5.74) is 0. The van der Waals surface area contributed by atoms with Crippen molar-refractivity contribution in [1.29, 1.82) is 0 Å². The van der Waals surface area contributed by atoms with Crippen LogP contribution in [0.4, 0.5) is 0 Å². The Morgan fingerprint density at radius 2 is 0.535 bits per heavy atom. The molecule has 0 amide bonds. The number of esters is 4. The van der Waals surface area contributed by atoms with E-state index in [-0.39, 0.29) is 25.7 Å². The first-order valence-electron chi connectivity index (χ1n) is 35.0. The fraction of sp³-hybridized carbons (Fsp3) is 0.940. The molecule has 510 valence electrons. The molecule has 0 aromatic rings. The highest BCUT2D eigenvalue weighted by Gasteiger charge is 2.30. The molecule has 0 radical (unpaired) electrons. The van der Waals surface area contributed by atoms with Crippen LogP contribution < -0.4 is 0 Å². The Kier molecular flexibility index (Phi) is 58.0. The van der Waals surface area contributed by atoms with Crippen molar-refractivity contribution < 1.29 is 80.2 Å². The van der Waals surface area contributed by atoms with Gasteiger partial charge in [0.05, 0.1) is 26.4 Å². The highest BCUT2D eigenvalue weighted by molar-refractivity contribution is 7.47. The predicted octanol–water partition coefficient (Wildman–Crippen LogP) is 18.8. The van der Waals surface area contributed by atoms with Crippen molar-refractivity contribution in [1.82, 2.24) is 0 Å². The molecule has 0 saturated heterocycles. The van der Waals surface area contributed by atoms with E-state index in [4.69, 9.17) is 37.0 Å². The lowest BCUT2D eigenvalue weighted by Gasteiger charge is -2.21. The number of hydrogen-bond donors (Lipinski definition) is 3. The number of carbonyl (C=O) groups is 4. The van der Waals surface area contributed by atoms with Gasteiger partial charge in [-0.1, -0.05) is 286 Å². The maximum absolute atomic E-state index is 13.0. The van der Waals surface area contributed by atoms with Crippen molar-refractivity contribution in [2.24, 2.45) is 11.8 Å². The Labute approximate surface area is 524 Å². The molecule has 0 saturated carbocycles. The van der Waals surface area contributed by atoms with Crippen molar-refractivity contribution in [3.05, 3.63) is 0 Å². The summed E-state index contributed by atoms with van der Waals surface area (Å²) >= 11 is 0. The molecule has 0 heterocycles. The van der Waals surface area contributed by atoms with Crippen LogP contribution in [-0.2, 0) is 65.4 Å². The number of aliphatic hydroxyl groups excluding tert-OH is 1. The lowest BCUT2D eigenvalue weighted by molar-refractivity contribution is -0.161. The standard InChI is InChI=1S/C67H130O17P2/c1-7-9-11-13-15-17-18-19-20-21-22-23-24-33-39-45-51-66(71)83-63(56-78-65(70)50-44-38-32-27-25-29-35-41-47-59(3)4)58-82-86(75,76)80-54-61(68)53-79-85(73,74)81-57-62(55-77-64(69)49-43-37-31-16-14-12-10-8-2)84-67(72)52-46-40-34-28-26-30-36-42-48-60(5)6/h59-63,68H,7-58H2,1-6H3,(H,73,74)(H,75,76)/t61-,62+,63+/m0/s1. The molecule has 17 nitrogen and oxygen atoms in total. The van der Waals surface area contributed by atoms with Gasteiger partial charge in [-0.2, -0.15) is 0 Å². The monoisotopic (exact) mass is 1270 g/mol. The fourth-order valence-electron chi connectivity index (χ4n) is 10.1. The summed E-state index contributed by atoms with van der Waals surface area (Å²) in [4.78, 5) is 72.3. The number of unbranched alkanes of at least 4 members (excludes halogenated alkanes) is 36. The first-order valence-corrected chi connectivity index (χ1v) is 38.0. The van der Waals surface area contributed by atoms with E-state index in [1.807, 2.05) is 0 Å². The number of hydrogen-bond acceptors (Lipinski definition) is 15. The molecule has 86 heavy (non-hydrogen) atoms. The molecule has 0 aromatic carbocycles. The Morgan fingerprint density at radius 1 is 0.314 bits per heavy atom. The molecule has 3 N–H and O–H groups in total. The fourth-order valence-corrected chi connectivity index (χ4v) is 11.6. The highest BCUT2D eigenvalue weighted by atomic mass is 31.2. The molecule has 0 aliphatic heterocycles. The summed E-state index contributed by atoms with van der Waals surface area (Å²) in [7, 11) is -9.89. The average molecular weight is 1270 g/mol. The maximum Gasteiger partial charge on any atom is 0.472 e. The smallest absolute Gasteiger partial charge is 0.462 e. The van der Waals surface area contributed by atoms with E-state index in [0.717, 1.165) is 108 Å². The Morgan fingerprint density at radius 3 is 0.791 bits per heavy atom. The van der Waals surface area contributed by atoms with Gasteiger partial charge in [0.15, 0.2) is 12.2 Å². The molecule has 0 aliphatic carbocycles. The zero-order chi connectivity index (χ0) is 63.6. The summed E-state index contributed by atoms with van der Waals surface area (Å²) in [6.45, 7) is 9.42. The lowest BCUT2D eigenvalue weighted by atomic mass is 10.0. The SMILES string of the molecule is CCCCCCCCCCCCCCCCCCC(=O)O[C@H](COC(=O)CCCCCCCCCCC(C)C)COP(=O)(O)OC[C@@H](O)COP(=O)(O)OC[C@@H](COC(=O)CCCCCCCCCC)OC(=O)CCCCCCCCCCC(C)C. The van der Waals surface area contributed by atoms with Gasteiger partial charge in [-0.25, -0.2) is 9.13 Å². The Hall–Kier alpha value is -1.94.